The Balaban J connectivity index is 2.00. The Hall–Kier alpha value is -3.06. The molecule has 3 rings (SSSR count). The van der Waals surface area contributed by atoms with E-state index in [1.807, 2.05) is 19.1 Å². The van der Waals surface area contributed by atoms with Crippen molar-refractivity contribution in [2.75, 3.05) is 18.5 Å². The van der Waals surface area contributed by atoms with E-state index in [0.29, 0.717) is 11.2 Å². The Bertz CT molecular complexity index is 979. The van der Waals surface area contributed by atoms with Gasteiger partial charge < -0.3 is 15.7 Å². The molecule has 3 N–H and O–H groups in total. The Morgan fingerprint density at radius 3 is 2.70 bits per heavy atom. The van der Waals surface area contributed by atoms with Crippen LogP contribution in [0.5, 0.6) is 0 Å². The zero-order valence-corrected chi connectivity index (χ0v) is 14.7. The highest BCUT2D eigenvalue weighted by Gasteiger charge is 2.15. The molecule has 2 aromatic carbocycles. The Morgan fingerprint density at radius 2 is 1.96 bits per heavy atom. The third-order valence-electron chi connectivity index (χ3n) is 4.02. The lowest BCUT2D eigenvalue weighted by Gasteiger charge is -2.13. The third kappa shape index (κ3) is 4.38. The maximum Gasteiger partial charge on any atom is 0.270 e. The van der Waals surface area contributed by atoms with Crippen molar-refractivity contribution in [2.45, 2.75) is 13.1 Å². The number of aliphatic hydroxyl groups is 1. The smallest absolute Gasteiger partial charge is 0.270 e. The molecule has 0 aliphatic rings. The molecule has 140 valence electrons. The van der Waals surface area contributed by atoms with Crippen LogP contribution in [0.15, 0.2) is 48.5 Å². The molecule has 0 radical (unpaired) electrons. The fourth-order valence-corrected chi connectivity index (χ4v) is 2.63. The van der Waals surface area contributed by atoms with Gasteiger partial charge in [-0.25, -0.2) is 13.8 Å². The maximum absolute atomic E-state index is 14.0. The van der Waals surface area contributed by atoms with Crippen molar-refractivity contribution in [3.8, 4) is 0 Å². The highest BCUT2D eigenvalue weighted by molar-refractivity contribution is 6.00. The number of halogens is 2. The second kappa shape index (κ2) is 8.09. The molecular formula is C20H19F2N3O2. The average Bonchev–Trinajstić information content (AvgIpc) is 2.67. The number of anilines is 2. The molecule has 0 saturated carbocycles. The van der Waals surface area contributed by atoms with Crippen molar-refractivity contribution < 1.29 is 18.7 Å². The van der Waals surface area contributed by atoms with Gasteiger partial charge in [0, 0.05) is 5.39 Å². The molecule has 1 heterocycles. The second-order valence-electron chi connectivity index (χ2n) is 6.17. The number of benzene rings is 2. The number of hydrogen-bond acceptors (Lipinski definition) is 4. The summed E-state index contributed by atoms with van der Waals surface area (Å²) >= 11 is 0. The highest BCUT2D eigenvalue weighted by atomic mass is 19.1. The standard InChI is InChI=1S/C20H19F2N3O2/c1-12-6-7-16-14(8-12)18(25-17-5-3-2-4-15(17)22)9-19(24-16)20(27)23-10-13(21)11-26/h2-9,13,26H,10-11H2,1H3,(H,23,27)(H,24,25)/t13-/m1/s1. The quantitative estimate of drug-likeness (QED) is 0.620. The number of aliphatic hydroxyl groups excluding tert-OH is 1. The first-order valence-corrected chi connectivity index (χ1v) is 8.44. The van der Waals surface area contributed by atoms with Crippen LogP contribution in [0.25, 0.3) is 10.9 Å². The fraction of sp³-hybridized carbons (Fsp3) is 0.200. The van der Waals surface area contributed by atoms with Gasteiger partial charge in [-0.05, 0) is 37.3 Å². The van der Waals surface area contributed by atoms with Crippen LogP contribution in [0.2, 0.25) is 0 Å². The van der Waals surface area contributed by atoms with E-state index in [-0.39, 0.29) is 17.9 Å². The lowest BCUT2D eigenvalue weighted by Crippen LogP contribution is -2.32. The summed E-state index contributed by atoms with van der Waals surface area (Å²) in [5, 5.41) is 14.9. The number of carbonyl (C=O) groups is 1. The van der Waals surface area contributed by atoms with Crippen LogP contribution in [0.4, 0.5) is 20.2 Å². The first-order valence-electron chi connectivity index (χ1n) is 8.44. The van der Waals surface area contributed by atoms with Gasteiger partial charge in [0.2, 0.25) is 0 Å². The van der Waals surface area contributed by atoms with Gasteiger partial charge in [-0.15, -0.1) is 0 Å². The van der Waals surface area contributed by atoms with E-state index in [0.717, 1.165) is 10.9 Å². The summed E-state index contributed by atoms with van der Waals surface area (Å²) in [6.07, 6.45) is -1.55. The molecule has 7 heteroatoms. The van der Waals surface area contributed by atoms with E-state index >= 15 is 0 Å². The Labute approximate surface area is 155 Å². The number of nitrogens with one attached hydrogen (secondary N) is 2. The minimum Gasteiger partial charge on any atom is -0.393 e. The van der Waals surface area contributed by atoms with Crippen LogP contribution in [-0.4, -0.2) is 35.3 Å². The monoisotopic (exact) mass is 371 g/mol. The fourth-order valence-electron chi connectivity index (χ4n) is 2.63. The number of pyridine rings is 1. The summed E-state index contributed by atoms with van der Waals surface area (Å²) in [4.78, 5) is 16.6. The van der Waals surface area contributed by atoms with Gasteiger partial charge >= 0.3 is 0 Å². The minimum absolute atomic E-state index is 0.0651. The lowest BCUT2D eigenvalue weighted by atomic mass is 10.1. The van der Waals surface area contributed by atoms with Gasteiger partial charge in [-0.3, -0.25) is 4.79 Å². The molecule has 1 aromatic heterocycles. The van der Waals surface area contributed by atoms with Crippen LogP contribution >= 0.6 is 0 Å². The third-order valence-corrected chi connectivity index (χ3v) is 4.02. The molecule has 0 aliphatic heterocycles. The van der Waals surface area contributed by atoms with E-state index in [1.54, 1.807) is 24.3 Å². The molecule has 0 unspecified atom stereocenters. The van der Waals surface area contributed by atoms with Gasteiger partial charge in [0.25, 0.3) is 5.91 Å². The molecule has 1 amide bonds. The maximum atomic E-state index is 14.0. The molecule has 0 bridgehead atoms. The van der Waals surface area contributed by atoms with Gasteiger partial charge in [-0.1, -0.05) is 23.8 Å². The number of hydrogen-bond donors (Lipinski definition) is 3. The Morgan fingerprint density at radius 1 is 1.19 bits per heavy atom. The zero-order chi connectivity index (χ0) is 19.4. The number of aryl methyl sites for hydroxylation is 1. The number of fused-ring (bicyclic) bond motifs is 1. The molecule has 27 heavy (non-hydrogen) atoms. The predicted molar refractivity (Wildman–Crippen MR) is 100 cm³/mol. The van der Waals surface area contributed by atoms with Gasteiger partial charge in [0.05, 0.1) is 30.0 Å². The predicted octanol–water partition coefficient (Wildman–Crippen LogP) is 3.49. The van der Waals surface area contributed by atoms with Crippen molar-refractivity contribution in [1.29, 1.82) is 0 Å². The van der Waals surface area contributed by atoms with Gasteiger partial charge in [-0.2, -0.15) is 0 Å². The minimum atomic E-state index is -1.55. The zero-order valence-electron chi connectivity index (χ0n) is 14.7. The van der Waals surface area contributed by atoms with Crippen LogP contribution in [0.1, 0.15) is 16.1 Å². The van der Waals surface area contributed by atoms with Crippen LogP contribution < -0.4 is 10.6 Å². The number of nitrogens with zero attached hydrogens (tertiary/aromatic N) is 1. The molecule has 3 aromatic rings. The average molecular weight is 371 g/mol. The van der Waals surface area contributed by atoms with Crippen LogP contribution in [0, 0.1) is 12.7 Å². The first-order chi connectivity index (χ1) is 13.0. The molecule has 0 spiro atoms. The number of alkyl halides is 1. The van der Waals surface area contributed by atoms with Crippen molar-refractivity contribution in [2.24, 2.45) is 0 Å². The van der Waals surface area contributed by atoms with Crippen molar-refractivity contribution in [1.82, 2.24) is 10.3 Å². The van der Waals surface area contributed by atoms with Gasteiger partial charge in [0.1, 0.15) is 17.7 Å². The second-order valence-corrected chi connectivity index (χ2v) is 6.17. The number of aromatic nitrogens is 1. The summed E-state index contributed by atoms with van der Waals surface area (Å²) in [7, 11) is 0. The van der Waals surface area contributed by atoms with E-state index in [4.69, 9.17) is 5.11 Å². The largest absolute Gasteiger partial charge is 0.393 e. The summed E-state index contributed by atoms with van der Waals surface area (Å²) in [5.74, 6) is -1.01. The highest BCUT2D eigenvalue weighted by Crippen LogP contribution is 2.28. The number of para-hydroxylation sites is 1. The molecule has 1 atom stereocenters. The topological polar surface area (TPSA) is 74.2 Å². The number of amides is 1. The lowest BCUT2D eigenvalue weighted by molar-refractivity contribution is 0.0923. The Kier molecular flexibility index (Phi) is 5.61. The van der Waals surface area contributed by atoms with E-state index in [2.05, 4.69) is 15.6 Å². The number of carbonyl (C=O) groups excluding carboxylic acids is 1. The van der Waals surface area contributed by atoms with E-state index in [9.17, 15) is 13.6 Å². The number of rotatable bonds is 6. The van der Waals surface area contributed by atoms with Gasteiger partial charge in [0.15, 0.2) is 0 Å². The van der Waals surface area contributed by atoms with Crippen LogP contribution in [-0.2, 0) is 0 Å². The molecule has 0 saturated heterocycles. The first kappa shape index (κ1) is 18.7. The van der Waals surface area contributed by atoms with Crippen molar-refractivity contribution in [3.05, 3.63) is 65.6 Å². The summed E-state index contributed by atoms with van der Waals surface area (Å²) in [6.45, 7) is 0.924. The molecular weight excluding hydrogens is 352 g/mol. The SMILES string of the molecule is Cc1ccc2nc(C(=O)NC[C@@H](F)CO)cc(Nc3ccccc3F)c2c1. The summed E-state index contributed by atoms with van der Waals surface area (Å²) in [5.41, 5.74) is 2.38. The van der Waals surface area contributed by atoms with Crippen LogP contribution in [0.3, 0.4) is 0 Å². The molecule has 0 aliphatic carbocycles. The van der Waals surface area contributed by atoms with E-state index < -0.39 is 24.5 Å². The van der Waals surface area contributed by atoms with E-state index in [1.165, 1.54) is 12.1 Å². The summed E-state index contributed by atoms with van der Waals surface area (Å²) in [6, 6.07) is 13.2. The molecule has 5 nitrogen and oxygen atoms in total. The molecule has 0 fully saturated rings. The normalized spacial score (nSPS) is 12.0. The van der Waals surface area contributed by atoms with Crippen molar-refractivity contribution in [3.63, 3.8) is 0 Å². The van der Waals surface area contributed by atoms with Crippen molar-refractivity contribution >= 4 is 28.2 Å². The summed E-state index contributed by atoms with van der Waals surface area (Å²) < 4.78 is 27.2.